The molecule has 1 aliphatic heterocycles. The Kier molecular flexibility index (Phi) is 7.84. The second-order valence-electron chi connectivity index (χ2n) is 10.1. The lowest BCUT2D eigenvalue weighted by atomic mass is 9.88. The Labute approximate surface area is 184 Å². The summed E-state index contributed by atoms with van der Waals surface area (Å²) in [6, 6.07) is 8.82. The largest absolute Gasteiger partial charge is 0.392 e. The van der Waals surface area contributed by atoms with Gasteiger partial charge in [-0.2, -0.15) is 0 Å². The number of benzene rings is 1. The van der Waals surface area contributed by atoms with Crippen LogP contribution in [-0.4, -0.2) is 35.7 Å². The van der Waals surface area contributed by atoms with Crippen LogP contribution < -0.4 is 0 Å². The summed E-state index contributed by atoms with van der Waals surface area (Å²) in [5.41, 5.74) is 4.43. The van der Waals surface area contributed by atoms with Gasteiger partial charge in [0.2, 0.25) is 0 Å². The van der Waals surface area contributed by atoms with E-state index in [0.29, 0.717) is 17.8 Å². The molecule has 0 radical (unpaired) electrons. The van der Waals surface area contributed by atoms with Crippen molar-refractivity contribution in [2.24, 2.45) is 17.8 Å². The molecule has 4 rings (SSSR count). The highest BCUT2D eigenvalue weighted by Crippen LogP contribution is 2.48. The molecule has 1 aromatic rings. The number of allylic oxidation sites excluding steroid dienone is 3. The van der Waals surface area contributed by atoms with Crippen molar-refractivity contribution in [1.82, 2.24) is 4.90 Å². The number of hydrogen-bond acceptors (Lipinski definition) is 2. The average molecular weight is 408 g/mol. The number of aliphatic hydroxyl groups is 1. The fraction of sp³-hybridized carbons (Fsp3) is 0.643. The molecule has 0 amide bonds. The molecule has 2 aliphatic carbocycles. The summed E-state index contributed by atoms with van der Waals surface area (Å²) in [6.07, 6.45) is 19.6. The van der Waals surface area contributed by atoms with Gasteiger partial charge in [0.1, 0.15) is 0 Å². The van der Waals surface area contributed by atoms with Crippen molar-refractivity contribution < 1.29 is 5.11 Å². The van der Waals surface area contributed by atoms with Crippen LogP contribution in [0.1, 0.15) is 68.9 Å². The maximum atomic E-state index is 10.6. The molecule has 1 heterocycles. The van der Waals surface area contributed by atoms with Crippen molar-refractivity contribution in [2.45, 2.75) is 77.2 Å². The molecule has 2 heteroatoms. The number of rotatable bonds is 10. The van der Waals surface area contributed by atoms with Crippen LogP contribution in [0.2, 0.25) is 0 Å². The van der Waals surface area contributed by atoms with Crippen LogP contribution in [-0.2, 0) is 6.42 Å². The Morgan fingerprint density at radius 3 is 2.80 bits per heavy atom. The third-order valence-corrected chi connectivity index (χ3v) is 7.66. The van der Waals surface area contributed by atoms with E-state index in [0.717, 1.165) is 19.3 Å². The van der Waals surface area contributed by atoms with Crippen LogP contribution in [0.5, 0.6) is 0 Å². The number of unbranched alkanes of at least 4 members (excludes halogenated alkanes) is 2. The van der Waals surface area contributed by atoms with Gasteiger partial charge in [-0.25, -0.2) is 0 Å². The molecule has 4 atom stereocenters. The Hall–Kier alpha value is -1.38. The molecule has 0 bridgehead atoms. The van der Waals surface area contributed by atoms with Crippen molar-refractivity contribution in [2.75, 3.05) is 19.6 Å². The lowest BCUT2D eigenvalue weighted by molar-refractivity contribution is 0.141. The van der Waals surface area contributed by atoms with E-state index in [4.69, 9.17) is 0 Å². The van der Waals surface area contributed by atoms with Crippen molar-refractivity contribution in [3.05, 3.63) is 59.2 Å². The number of nitrogens with zero attached hydrogens (tertiary/aromatic N) is 1. The van der Waals surface area contributed by atoms with E-state index in [2.05, 4.69) is 54.3 Å². The van der Waals surface area contributed by atoms with Crippen LogP contribution in [0.15, 0.2) is 48.1 Å². The molecule has 1 aromatic carbocycles. The lowest BCUT2D eigenvalue weighted by Gasteiger charge is -2.18. The predicted molar refractivity (Wildman–Crippen MR) is 127 cm³/mol. The van der Waals surface area contributed by atoms with E-state index in [-0.39, 0.29) is 6.10 Å². The summed E-state index contributed by atoms with van der Waals surface area (Å²) in [5, 5.41) is 10.6. The normalized spacial score (nSPS) is 29.1. The van der Waals surface area contributed by atoms with Crippen LogP contribution in [0.3, 0.4) is 0 Å². The monoisotopic (exact) mass is 407 g/mol. The molecule has 164 valence electrons. The third-order valence-electron chi connectivity index (χ3n) is 7.66. The fourth-order valence-electron chi connectivity index (χ4n) is 6.03. The highest BCUT2D eigenvalue weighted by atomic mass is 16.3. The zero-order valence-electron chi connectivity index (χ0n) is 18.9. The summed E-state index contributed by atoms with van der Waals surface area (Å²) in [5.74, 6) is 1.62. The molecular weight excluding hydrogens is 366 g/mol. The predicted octanol–water partition coefficient (Wildman–Crippen LogP) is 6.08. The van der Waals surface area contributed by atoms with Gasteiger partial charge in [-0.1, -0.05) is 60.1 Å². The molecule has 0 aromatic heterocycles. The molecule has 30 heavy (non-hydrogen) atoms. The third kappa shape index (κ3) is 5.86. The van der Waals surface area contributed by atoms with Gasteiger partial charge in [0.25, 0.3) is 0 Å². The van der Waals surface area contributed by atoms with Gasteiger partial charge in [0.05, 0.1) is 6.10 Å². The lowest BCUT2D eigenvalue weighted by Crippen LogP contribution is -2.20. The maximum absolute atomic E-state index is 10.6. The molecule has 0 spiro atoms. The quantitative estimate of drug-likeness (QED) is 0.375. The average Bonchev–Trinajstić information content (AvgIpc) is 3.43. The van der Waals surface area contributed by atoms with E-state index in [9.17, 15) is 5.11 Å². The first-order chi connectivity index (χ1) is 14.7. The molecule has 2 nitrogen and oxygen atoms in total. The standard InChI is InChI=1S/C28H41NO/c1-22-10-9-13-23(18-22)11-4-5-14-26-27-20-24(19-25(27)21-28(26)30)12-3-2-6-15-29-16-7-8-17-29/h5,9-10,13-14,18-19,25-28,30H,2-4,6-8,11-12,15-17,20-21H2,1H3/t25?,26-,27+,28-/m1/s1. The zero-order valence-corrected chi connectivity index (χ0v) is 18.9. The minimum Gasteiger partial charge on any atom is -0.392 e. The first-order valence-corrected chi connectivity index (χ1v) is 12.5. The summed E-state index contributed by atoms with van der Waals surface area (Å²) < 4.78 is 0. The van der Waals surface area contributed by atoms with Gasteiger partial charge in [-0.05, 0) is 102 Å². The molecular formula is C28H41NO. The van der Waals surface area contributed by atoms with E-state index >= 15 is 0 Å². The molecule has 1 saturated heterocycles. The van der Waals surface area contributed by atoms with Crippen LogP contribution >= 0.6 is 0 Å². The number of aliphatic hydroxyl groups excluding tert-OH is 1. The number of likely N-dealkylation sites (tertiary alicyclic amines) is 1. The summed E-state index contributed by atoms with van der Waals surface area (Å²) in [4.78, 5) is 2.64. The topological polar surface area (TPSA) is 23.5 Å². The maximum Gasteiger partial charge on any atom is 0.0611 e. The number of hydrogen-bond donors (Lipinski definition) is 1. The van der Waals surface area contributed by atoms with E-state index < -0.39 is 0 Å². The molecule has 2 fully saturated rings. The molecule has 1 unspecified atom stereocenters. The van der Waals surface area contributed by atoms with Gasteiger partial charge in [0.15, 0.2) is 0 Å². The summed E-state index contributed by atoms with van der Waals surface area (Å²) >= 11 is 0. The molecule has 3 aliphatic rings. The van der Waals surface area contributed by atoms with Crippen LogP contribution in [0.4, 0.5) is 0 Å². The molecule has 1 N–H and O–H groups in total. The minimum atomic E-state index is -0.145. The smallest absolute Gasteiger partial charge is 0.0611 e. The van der Waals surface area contributed by atoms with E-state index in [1.165, 1.54) is 75.7 Å². The van der Waals surface area contributed by atoms with Crippen LogP contribution in [0.25, 0.3) is 0 Å². The van der Waals surface area contributed by atoms with Crippen molar-refractivity contribution >= 4 is 0 Å². The van der Waals surface area contributed by atoms with E-state index in [1.54, 1.807) is 5.57 Å². The fourth-order valence-corrected chi connectivity index (χ4v) is 6.03. The zero-order chi connectivity index (χ0) is 20.8. The van der Waals surface area contributed by atoms with Gasteiger partial charge in [-0.3, -0.25) is 0 Å². The minimum absolute atomic E-state index is 0.145. The number of fused-ring (bicyclic) bond motifs is 1. The highest BCUT2D eigenvalue weighted by Gasteiger charge is 2.43. The number of aryl methyl sites for hydroxylation is 2. The Morgan fingerprint density at radius 2 is 1.97 bits per heavy atom. The van der Waals surface area contributed by atoms with Crippen LogP contribution in [0, 0.1) is 24.7 Å². The van der Waals surface area contributed by atoms with Gasteiger partial charge >= 0.3 is 0 Å². The molecule has 1 saturated carbocycles. The van der Waals surface area contributed by atoms with Crippen molar-refractivity contribution in [1.29, 1.82) is 0 Å². The summed E-state index contributed by atoms with van der Waals surface area (Å²) in [6.45, 7) is 6.13. The first-order valence-electron chi connectivity index (χ1n) is 12.5. The second-order valence-corrected chi connectivity index (χ2v) is 10.1. The van der Waals surface area contributed by atoms with Crippen molar-refractivity contribution in [3.63, 3.8) is 0 Å². The van der Waals surface area contributed by atoms with Gasteiger partial charge in [0, 0.05) is 5.92 Å². The first kappa shape index (κ1) is 21.8. The Bertz CT molecular complexity index is 730. The second kappa shape index (κ2) is 10.8. The Balaban J connectivity index is 1.17. The van der Waals surface area contributed by atoms with Gasteiger partial charge in [-0.15, -0.1) is 0 Å². The van der Waals surface area contributed by atoms with Crippen molar-refractivity contribution in [3.8, 4) is 0 Å². The Morgan fingerprint density at radius 1 is 1.10 bits per heavy atom. The SMILES string of the molecule is Cc1cccc(CCC=C[C@H]2[C@H](O)CC3C=C(CCCCCN4CCCC4)C[C@@H]32)c1. The highest BCUT2D eigenvalue weighted by molar-refractivity contribution is 5.23. The van der Waals surface area contributed by atoms with Gasteiger partial charge < -0.3 is 10.0 Å². The van der Waals surface area contributed by atoms with E-state index in [1.807, 2.05) is 0 Å². The summed E-state index contributed by atoms with van der Waals surface area (Å²) in [7, 11) is 0.